The molecule has 2 aliphatic rings. The van der Waals surface area contributed by atoms with Gasteiger partial charge >= 0.3 is 0 Å². The second-order valence-electron chi connectivity index (χ2n) is 4.94. The van der Waals surface area contributed by atoms with Gasteiger partial charge in [0.25, 0.3) is 0 Å². The zero-order valence-electron chi connectivity index (χ0n) is 10.1. The monoisotopic (exact) mass is 234 g/mol. The molecule has 1 saturated carbocycles. The molecule has 1 aromatic carbocycles. The van der Waals surface area contributed by atoms with Crippen LogP contribution in [0.2, 0.25) is 0 Å². The molecule has 0 radical (unpaired) electrons. The lowest BCUT2D eigenvalue weighted by Crippen LogP contribution is -2.54. The van der Waals surface area contributed by atoms with E-state index < -0.39 is 0 Å². The maximum Gasteiger partial charge on any atom is 0.130 e. The molecule has 0 spiro atoms. The van der Waals surface area contributed by atoms with Crippen molar-refractivity contribution in [1.82, 2.24) is 0 Å². The summed E-state index contributed by atoms with van der Waals surface area (Å²) in [5, 5.41) is 9.51. The van der Waals surface area contributed by atoms with Crippen LogP contribution in [-0.2, 0) is 17.6 Å². The Hall–Kier alpha value is -1.06. The normalized spacial score (nSPS) is 30.8. The first-order valence-corrected chi connectivity index (χ1v) is 6.27. The molecule has 0 aliphatic heterocycles. The van der Waals surface area contributed by atoms with E-state index in [9.17, 15) is 5.11 Å². The van der Waals surface area contributed by atoms with Crippen LogP contribution in [-0.4, -0.2) is 30.5 Å². The molecule has 1 fully saturated rings. The Morgan fingerprint density at radius 2 is 2.06 bits per heavy atom. The number of fused-ring (bicyclic) bond motifs is 1. The molecule has 3 nitrogen and oxygen atoms in total. The summed E-state index contributed by atoms with van der Waals surface area (Å²) < 4.78 is 11.1. The lowest BCUT2D eigenvalue weighted by Gasteiger charge is -2.40. The van der Waals surface area contributed by atoms with Gasteiger partial charge in [-0.1, -0.05) is 6.07 Å². The molecule has 0 amide bonds. The molecule has 3 atom stereocenters. The molecular weight excluding hydrogens is 216 g/mol. The number of hydrogen-bond acceptors (Lipinski definition) is 3. The number of methoxy groups -OCH3 is 1. The summed E-state index contributed by atoms with van der Waals surface area (Å²) in [6.07, 6.45) is 3.71. The van der Waals surface area contributed by atoms with Crippen molar-refractivity contribution in [3.63, 3.8) is 0 Å². The van der Waals surface area contributed by atoms with E-state index in [1.165, 1.54) is 24.0 Å². The lowest BCUT2D eigenvalue weighted by atomic mass is 9.88. The Bertz CT molecular complexity index is 416. The maximum atomic E-state index is 9.51. The summed E-state index contributed by atoms with van der Waals surface area (Å²) in [6, 6.07) is 6.33. The molecule has 0 bridgehead atoms. The van der Waals surface area contributed by atoms with Gasteiger partial charge in [-0.15, -0.1) is 0 Å². The predicted octanol–water partition coefficient (Wildman–Crippen LogP) is 1.70. The third-order valence-electron chi connectivity index (χ3n) is 3.85. The van der Waals surface area contributed by atoms with Crippen molar-refractivity contribution < 1.29 is 14.6 Å². The van der Waals surface area contributed by atoms with Gasteiger partial charge in [-0.05, 0) is 42.5 Å². The van der Waals surface area contributed by atoms with Crippen molar-refractivity contribution in [2.45, 2.75) is 44.0 Å². The largest absolute Gasteiger partial charge is 0.488 e. The van der Waals surface area contributed by atoms with E-state index in [0.29, 0.717) is 6.42 Å². The quantitative estimate of drug-likeness (QED) is 0.865. The van der Waals surface area contributed by atoms with E-state index in [-0.39, 0.29) is 18.3 Å². The van der Waals surface area contributed by atoms with Crippen LogP contribution in [0.1, 0.15) is 24.0 Å². The molecule has 3 rings (SSSR count). The summed E-state index contributed by atoms with van der Waals surface area (Å²) in [6.45, 7) is 0. The Kier molecular flexibility index (Phi) is 2.81. The van der Waals surface area contributed by atoms with Gasteiger partial charge in [0.1, 0.15) is 18.0 Å². The number of hydrogen-bond donors (Lipinski definition) is 1. The van der Waals surface area contributed by atoms with E-state index in [1.807, 2.05) is 6.07 Å². The third kappa shape index (κ3) is 1.94. The fourth-order valence-electron chi connectivity index (χ4n) is 2.78. The molecule has 0 saturated heterocycles. The number of ether oxygens (including phenoxy) is 2. The van der Waals surface area contributed by atoms with Crippen LogP contribution in [0.5, 0.6) is 5.75 Å². The Morgan fingerprint density at radius 1 is 1.24 bits per heavy atom. The molecule has 1 aromatic rings. The van der Waals surface area contributed by atoms with Crippen LogP contribution < -0.4 is 4.74 Å². The second kappa shape index (κ2) is 4.31. The summed E-state index contributed by atoms with van der Waals surface area (Å²) >= 11 is 0. The minimum atomic E-state index is -0.376. The first kappa shape index (κ1) is 11.1. The van der Waals surface area contributed by atoms with E-state index in [4.69, 9.17) is 9.47 Å². The molecule has 1 N–H and O–H groups in total. The van der Waals surface area contributed by atoms with Gasteiger partial charge in [-0.2, -0.15) is 0 Å². The molecule has 92 valence electrons. The van der Waals surface area contributed by atoms with E-state index in [0.717, 1.165) is 12.2 Å². The van der Waals surface area contributed by atoms with Gasteiger partial charge in [-0.25, -0.2) is 0 Å². The van der Waals surface area contributed by atoms with Gasteiger partial charge in [0.05, 0.1) is 6.10 Å². The van der Waals surface area contributed by atoms with Crippen molar-refractivity contribution in [3.8, 4) is 5.75 Å². The van der Waals surface area contributed by atoms with Crippen LogP contribution in [0, 0.1) is 0 Å². The average molecular weight is 234 g/mol. The number of benzene rings is 1. The molecule has 3 unspecified atom stereocenters. The van der Waals surface area contributed by atoms with E-state index in [2.05, 4.69) is 12.1 Å². The van der Waals surface area contributed by atoms with Gasteiger partial charge in [0.15, 0.2) is 0 Å². The van der Waals surface area contributed by atoms with Crippen molar-refractivity contribution in [2.24, 2.45) is 0 Å². The van der Waals surface area contributed by atoms with Crippen LogP contribution in [0.4, 0.5) is 0 Å². The number of aliphatic hydroxyl groups is 1. The molecule has 2 aliphatic carbocycles. The summed E-state index contributed by atoms with van der Waals surface area (Å²) in [5.41, 5.74) is 2.87. The predicted molar refractivity (Wildman–Crippen MR) is 64.3 cm³/mol. The van der Waals surface area contributed by atoms with Gasteiger partial charge < -0.3 is 14.6 Å². The van der Waals surface area contributed by atoms with Crippen molar-refractivity contribution >= 4 is 0 Å². The highest BCUT2D eigenvalue weighted by molar-refractivity contribution is 5.38. The minimum absolute atomic E-state index is 0.00514. The highest BCUT2D eigenvalue weighted by atomic mass is 16.6. The summed E-state index contributed by atoms with van der Waals surface area (Å²) in [5.74, 6) is 0.907. The van der Waals surface area contributed by atoms with Gasteiger partial charge in [-0.3, -0.25) is 0 Å². The number of rotatable bonds is 3. The van der Waals surface area contributed by atoms with Crippen molar-refractivity contribution in [3.05, 3.63) is 29.3 Å². The highest BCUT2D eigenvalue weighted by Crippen LogP contribution is 2.31. The topological polar surface area (TPSA) is 38.7 Å². The molecule has 0 aromatic heterocycles. The smallest absolute Gasteiger partial charge is 0.130 e. The first-order valence-electron chi connectivity index (χ1n) is 6.27. The highest BCUT2D eigenvalue weighted by Gasteiger charge is 2.42. The maximum absolute atomic E-state index is 9.51. The van der Waals surface area contributed by atoms with Crippen LogP contribution in [0.25, 0.3) is 0 Å². The van der Waals surface area contributed by atoms with Crippen LogP contribution in [0.15, 0.2) is 18.2 Å². The van der Waals surface area contributed by atoms with Crippen molar-refractivity contribution in [2.75, 3.05) is 7.11 Å². The molecule has 3 heteroatoms. The van der Waals surface area contributed by atoms with Crippen molar-refractivity contribution in [1.29, 1.82) is 0 Å². The van der Waals surface area contributed by atoms with Crippen LogP contribution >= 0.6 is 0 Å². The SMILES string of the molecule is COC1C(O)CC1Oc1ccc2c(c1)CCC2. The standard InChI is InChI=1S/C14H18O3/c1-16-14-12(15)8-13(14)17-11-6-5-9-3-2-4-10(9)7-11/h5-7,12-15H,2-4,8H2,1H3. The fourth-order valence-corrected chi connectivity index (χ4v) is 2.78. The average Bonchev–Trinajstić information content (AvgIpc) is 2.76. The molecule has 17 heavy (non-hydrogen) atoms. The van der Waals surface area contributed by atoms with Crippen LogP contribution in [0.3, 0.4) is 0 Å². The summed E-state index contributed by atoms with van der Waals surface area (Å²) in [4.78, 5) is 0. The fraction of sp³-hybridized carbons (Fsp3) is 0.571. The lowest BCUT2D eigenvalue weighted by molar-refractivity contribution is -0.149. The minimum Gasteiger partial charge on any atom is -0.488 e. The van der Waals surface area contributed by atoms with E-state index in [1.54, 1.807) is 7.11 Å². The van der Waals surface area contributed by atoms with E-state index >= 15 is 0 Å². The Morgan fingerprint density at radius 3 is 2.82 bits per heavy atom. The third-order valence-corrected chi connectivity index (χ3v) is 3.85. The summed E-state index contributed by atoms with van der Waals surface area (Å²) in [7, 11) is 1.62. The zero-order chi connectivity index (χ0) is 11.8. The molecule has 0 heterocycles. The first-order chi connectivity index (χ1) is 8.28. The Labute approximate surface area is 101 Å². The zero-order valence-corrected chi connectivity index (χ0v) is 10.1. The van der Waals surface area contributed by atoms with Gasteiger partial charge in [0.2, 0.25) is 0 Å². The number of aliphatic hydroxyl groups excluding tert-OH is 1. The second-order valence-corrected chi connectivity index (χ2v) is 4.94. The van der Waals surface area contributed by atoms with Gasteiger partial charge in [0, 0.05) is 13.5 Å². The number of aryl methyl sites for hydroxylation is 2. The Balaban J connectivity index is 1.69. The molecular formula is C14H18O3.